The molecule has 0 aromatic carbocycles. The van der Waals surface area contributed by atoms with Crippen molar-refractivity contribution in [2.24, 2.45) is 0 Å². The minimum absolute atomic E-state index is 0.163. The minimum Gasteiger partial charge on any atom is -0.481 e. The monoisotopic (exact) mass is 211 g/mol. The fourth-order valence-electron chi connectivity index (χ4n) is 1.70. The van der Waals surface area contributed by atoms with Crippen molar-refractivity contribution in [2.75, 3.05) is 0 Å². The van der Waals surface area contributed by atoms with Gasteiger partial charge in [0.25, 0.3) is 0 Å². The third kappa shape index (κ3) is 1.73. The van der Waals surface area contributed by atoms with E-state index in [0.29, 0.717) is 5.15 Å². The molecule has 1 aliphatic carbocycles. The van der Waals surface area contributed by atoms with E-state index >= 15 is 0 Å². The quantitative estimate of drug-likeness (QED) is 0.781. The van der Waals surface area contributed by atoms with E-state index in [0.717, 1.165) is 18.4 Å². The fraction of sp³-hybridized carbons (Fsp3) is 0.400. The highest BCUT2D eigenvalue weighted by atomic mass is 35.5. The third-order valence-corrected chi connectivity index (χ3v) is 2.91. The first-order chi connectivity index (χ1) is 6.62. The Bertz CT molecular complexity index is 357. The van der Waals surface area contributed by atoms with E-state index in [9.17, 15) is 4.79 Å². The number of carboxylic acid groups (broad SMARTS) is 1. The minimum atomic E-state index is -0.752. The molecule has 1 N–H and O–H groups in total. The first-order valence-electron chi connectivity index (χ1n) is 4.46. The van der Waals surface area contributed by atoms with Crippen LogP contribution >= 0.6 is 11.6 Å². The van der Waals surface area contributed by atoms with Crippen LogP contribution in [0, 0.1) is 0 Å². The zero-order chi connectivity index (χ0) is 10.2. The molecule has 0 aliphatic heterocycles. The highest BCUT2D eigenvalue weighted by Gasteiger charge is 2.46. The van der Waals surface area contributed by atoms with Gasteiger partial charge in [-0.2, -0.15) is 0 Å². The van der Waals surface area contributed by atoms with E-state index in [1.165, 1.54) is 0 Å². The lowest BCUT2D eigenvalue weighted by atomic mass is 9.94. The second kappa shape index (κ2) is 3.24. The Morgan fingerprint density at radius 1 is 1.57 bits per heavy atom. The summed E-state index contributed by atoms with van der Waals surface area (Å²) in [6.07, 6.45) is 3.74. The number of rotatable bonds is 3. The van der Waals surface area contributed by atoms with Gasteiger partial charge in [-0.1, -0.05) is 17.7 Å². The van der Waals surface area contributed by atoms with Crippen molar-refractivity contribution in [3.05, 3.63) is 29.0 Å². The van der Waals surface area contributed by atoms with Crippen LogP contribution in [0.15, 0.2) is 18.3 Å². The molecule has 0 atom stereocenters. The summed E-state index contributed by atoms with van der Waals surface area (Å²) in [5.41, 5.74) is 0.827. The zero-order valence-electron chi connectivity index (χ0n) is 7.53. The second-order valence-electron chi connectivity index (χ2n) is 3.72. The van der Waals surface area contributed by atoms with E-state index < -0.39 is 5.97 Å². The van der Waals surface area contributed by atoms with Gasteiger partial charge < -0.3 is 5.11 Å². The van der Waals surface area contributed by atoms with E-state index in [2.05, 4.69) is 4.98 Å². The van der Waals surface area contributed by atoms with E-state index in [1.54, 1.807) is 12.3 Å². The van der Waals surface area contributed by atoms with E-state index in [-0.39, 0.29) is 11.8 Å². The highest BCUT2D eigenvalue weighted by molar-refractivity contribution is 6.29. The Kier molecular flexibility index (Phi) is 2.19. The predicted molar refractivity (Wildman–Crippen MR) is 52.4 cm³/mol. The van der Waals surface area contributed by atoms with E-state index in [1.807, 2.05) is 6.07 Å². The first kappa shape index (κ1) is 9.46. The summed E-state index contributed by atoms with van der Waals surface area (Å²) in [5, 5.41) is 9.20. The molecule has 0 amide bonds. The van der Waals surface area contributed by atoms with Crippen LogP contribution in [-0.2, 0) is 10.2 Å². The van der Waals surface area contributed by atoms with Crippen LogP contribution in [0.5, 0.6) is 0 Å². The Hall–Kier alpha value is -1.09. The van der Waals surface area contributed by atoms with Gasteiger partial charge in [0.05, 0.1) is 6.42 Å². The smallest absolute Gasteiger partial charge is 0.304 e. The summed E-state index contributed by atoms with van der Waals surface area (Å²) < 4.78 is 0. The summed E-state index contributed by atoms with van der Waals surface area (Å²) in [6.45, 7) is 0. The van der Waals surface area contributed by atoms with Crippen molar-refractivity contribution in [2.45, 2.75) is 24.7 Å². The summed E-state index contributed by atoms with van der Waals surface area (Å²) in [4.78, 5) is 14.6. The van der Waals surface area contributed by atoms with Gasteiger partial charge >= 0.3 is 5.97 Å². The SMILES string of the molecule is O=C(O)CC1(c2ccc(Cl)nc2)CC1. The largest absolute Gasteiger partial charge is 0.481 e. The van der Waals surface area contributed by atoms with Gasteiger partial charge in [0.15, 0.2) is 0 Å². The van der Waals surface area contributed by atoms with Crippen molar-refractivity contribution in [1.82, 2.24) is 4.98 Å². The first-order valence-corrected chi connectivity index (χ1v) is 4.84. The van der Waals surface area contributed by atoms with Crippen LogP contribution in [0.3, 0.4) is 0 Å². The maximum atomic E-state index is 10.6. The Morgan fingerprint density at radius 2 is 2.29 bits per heavy atom. The van der Waals surface area contributed by atoms with Gasteiger partial charge in [-0.05, 0) is 24.5 Å². The summed E-state index contributed by atoms with van der Waals surface area (Å²) in [6, 6.07) is 3.57. The fourth-order valence-corrected chi connectivity index (χ4v) is 1.81. The number of carboxylic acids is 1. The normalized spacial score (nSPS) is 17.8. The average molecular weight is 212 g/mol. The van der Waals surface area contributed by atoms with Crippen LogP contribution in [0.4, 0.5) is 0 Å². The molecular weight excluding hydrogens is 202 g/mol. The standard InChI is InChI=1S/C10H10ClNO2/c11-8-2-1-7(6-12-8)10(3-4-10)5-9(13)14/h1-2,6H,3-5H2,(H,13,14). The number of nitrogens with zero attached hydrogens (tertiary/aromatic N) is 1. The maximum absolute atomic E-state index is 10.6. The summed E-state index contributed by atoms with van der Waals surface area (Å²) in [5.74, 6) is -0.752. The topological polar surface area (TPSA) is 50.2 Å². The van der Waals surface area contributed by atoms with Crippen molar-refractivity contribution in [1.29, 1.82) is 0 Å². The number of hydrogen-bond donors (Lipinski definition) is 1. The van der Waals surface area contributed by atoms with Crippen molar-refractivity contribution < 1.29 is 9.90 Å². The molecule has 0 spiro atoms. The van der Waals surface area contributed by atoms with Crippen LogP contribution in [0.2, 0.25) is 5.15 Å². The number of pyridine rings is 1. The predicted octanol–water partition coefficient (Wildman–Crippen LogP) is 2.24. The lowest BCUT2D eigenvalue weighted by Crippen LogP contribution is -2.12. The molecule has 0 radical (unpaired) electrons. The van der Waals surface area contributed by atoms with Gasteiger partial charge in [-0.25, -0.2) is 4.98 Å². The average Bonchev–Trinajstić information content (AvgIpc) is 2.85. The van der Waals surface area contributed by atoms with E-state index in [4.69, 9.17) is 16.7 Å². The van der Waals surface area contributed by atoms with Gasteiger partial charge in [-0.3, -0.25) is 4.79 Å². The van der Waals surface area contributed by atoms with Crippen LogP contribution in [0.25, 0.3) is 0 Å². The number of hydrogen-bond acceptors (Lipinski definition) is 2. The molecule has 0 unspecified atom stereocenters. The zero-order valence-corrected chi connectivity index (χ0v) is 8.29. The van der Waals surface area contributed by atoms with Crippen LogP contribution < -0.4 is 0 Å². The number of carbonyl (C=O) groups is 1. The number of halogens is 1. The molecule has 1 aliphatic rings. The van der Waals surface area contributed by atoms with Gasteiger partial charge in [0.1, 0.15) is 5.15 Å². The molecule has 0 bridgehead atoms. The highest BCUT2D eigenvalue weighted by Crippen LogP contribution is 2.50. The Balaban J connectivity index is 2.22. The van der Waals surface area contributed by atoms with Crippen molar-refractivity contribution in [3.63, 3.8) is 0 Å². The van der Waals surface area contributed by atoms with Crippen molar-refractivity contribution in [3.8, 4) is 0 Å². The van der Waals surface area contributed by atoms with Crippen molar-refractivity contribution >= 4 is 17.6 Å². The molecule has 1 fully saturated rings. The molecule has 2 rings (SSSR count). The molecule has 1 heterocycles. The molecule has 0 saturated heterocycles. The molecule has 4 heteroatoms. The molecule has 1 aromatic rings. The number of aromatic nitrogens is 1. The summed E-state index contributed by atoms with van der Waals surface area (Å²) >= 11 is 5.66. The number of aliphatic carboxylic acids is 1. The van der Waals surface area contributed by atoms with Crippen LogP contribution in [-0.4, -0.2) is 16.1 Å². The second-order valence-corrected chi connectivity index (χ2v) is 4.11. The molecular formula is C10H10ClNO2. The maximum Gasteiger partial charge on any atom is 0.304 e. The van der Waals surface area contributed by atoms with Gasteiger partial charge in [0, 0.05) is 11.6 Å². The third-order valence-electron chi connectivity index (χ3n) is 2.68. The molecule has 3 nitrogen and oxygen atoms in total. The molecule has 1 saturated carbocycles. The molecule has 14 heavy (non-hydrogen) atoms. The Labute approximate surface area is 86.7 Å². The lowest BCUT2D eigenvalue weighted by Gasteiger charge is -2.11. The Morgan fingerprint density at radius 3 is 2.71 bits per heavy atom. The lowest BCUT2D eigenvalue weighted by molar-refractivity contribution is -0.137. The molecule has 1 aromatic heterocycles. The van der Waals surface area contributed by atoms with Gasteiger partial charge in [0.2, 0.25) is 0 Å². The van der Waals surface area contributed by atoms with Gasteiger partial charge in [-0.15, -0.1) is 0 Å². The molecule has 74 valence electrons. The summed E-state index contributed by atoms with van der Waals surface area (Å²) in [7, 11) is 0. The van der Waals surface area contributed by atoms with Crippen LogP contribution in [0.1, 0.15) is 24.8 Å².